The molecule has 4 nitrogen and oxygen atoms in total. The molecule has 0 aliphatic rings. The second kappa shape index (κ2) is 4.78. The largest absolute Gasteiger partial charge is 0.320 e. The summed E-state index contributed by atoms with van der Waals surface area (Å²) < 4.78 is 1.01. The maximum atomic E-state index is 12.1. The molecule has 5 heteroatoms. The Kier molecular flexibility index (Phi) is 2.97. The molecule has 0 unspecified atom stereocenters. The Morgan fingerprint density at radius 3 is 2.89 bits per heavy atom. The van der Waals surface area contributed by atoms with Crippen LogP contribution in [0.3, 0.4) is 0 Å². The first kappa shape index (κ1) is 11.8. The van der Waals surface area contributed by atoms with Crippen molar-refractivity contribution in [1.82, 2.24) is 9.97 Å². The number of nitrogens with one attached hydrogen (secondary N) is 1. The molecule has 0 atom stereocenters. The first-order chi connectivity index (χ1) is 9.22. The predicted molar refractivity (Wildman–Crippen MR) is 76.5 cm³/mol. The van der Waals surface area contributed by atoms with Crippen LogP contribution in [0.4, 0.5) is 5.69 Å². The summed E-state index contributed by atoms with van der Waals surface area (Å²) in [6, 6.07) is 11.3. The summed E-state index contributed by atoms with van der Waals surface area (Å²) in [6.45, 7) is 1.88. The average Bonchev–Trinajstić information content (AvgIpc) is 2.82. The lowest BCUT2D eigenvalue weighted by Crippen LogP contribution is -2.11. The van der Waals surface area contributed by atoms with Gasteiger partial charge in [0.25, 0.3) is 5.91 Å². The summed E-state index contributed by atoms with van der Waals surface area (Å²) in [7, 11) is 0. The van der Waals surface area contributed by atoms with E-state index >= 15 is 0 Å². The van der Waals surface area contributed by atoms with Crippen LogP contribution in [0.15, 0.2) is 42.6 Å². The Morgan fingerprint density at radius 1 is 1.26 bits per heavy atom. The first-order valence-electron chi connectivity index (χ1n) is 5.82. The van der Waals surface area contributed by atoms with Gasteiger partial charge in [-0.25, -0.2) is 4.98 Å². The monoisotopic (exact) mass is 269 g/mol. The number of aromatic nitrogens is 2. The summed E-state index contributed by atoms with van der Waals surface area (Å²) in [5.41, 5.74) is 2.45. The van der Waals surface area contributed by atoms with E-state index in [4.69, 9.17) is 0 Å². The van der Waals surface area contributed by atoms with E-state index in [1.165, 1.54) is 11.3 Å². The van der Waals surface area contributed by atoms with E-state index in [0.717, 1.165) is 21.6 Å². The van der Waals surface area contributed by atoms with E-state index in [0.29, 0.717) is 5.01 Å². The zero-order valence-corrected chi connectivity index (χ0v) is 11.1. The van der Waals surface area contributed by atoms with Gasteiger partial charge in [0.15, 0.2) is 5.01 Å². The van der Waals surface area contributed by atoms with Gasteiger partial charge in [-0.1, -0.05) is 12.1 Å². The summed E-state index contributed by atoms with van der Waals surface area (Å²) in [4.78, 5) is 20.5. The summed E-state index contributed by atoms with van der Waals surface area (Å²) in [6.07, 6.45) is 1.67. The number of hydrogen-bond donors (Lipinski definition) is 1. The number of amides is 1. The van der Waals surface area contributed by atoms with Crippen LogP contribution in [0.2, 0.25) is 0 Å². The Morgan fingerprint density at radius 2 is 2.11 bits per heavy atom. The highest BCUT2D eigenvalue weighted by atomic mass is 32.1. The van der Waals surface area contributed by atoms with Crippen molar-refractivity contribution in [3.05, 3.63) is 53.3 Å². The molecule has 0 radical (unpaired) electrons. The van der Waals surface area contributed by atoms with Crippen molar-refractivity contribution in [3.8, 4) is 0 Å². The molecule has 0 spiro atoms. The van der Waals surface area contributed by atoms with Crippen molar-refractivity contribution in [2.45, 2.75) is 6.92 Å². The zero-order valence-electron chi connectivity index (χ0n) is 10.3. The van der Waals surface area contributed by atoms with Crippen molar-refractivity contribution in [3.63, 3.8) is 0 Å². The second-order valence-corrected chi connectivity index (χ2v) is 5.16. The molecule has 0 fully saturated rings. The van der Waals surface area contributed by atoms with Gasteiger partial charge in [-0.05, 0) is 31.2 Å². The van der Waals surface area contributed by atoms with E-state index in [1.54, 1.807) is 12.3 Å². The van der Waals surface area contributed by atoms with Crippen molar-refractivity contribution < 1.29 is 4.79 Å². The van der Waals surface area contributed by atoms with Crippen LogP contribution < -0.4 is 5.32 Å². The summed E-state index contributed by atoms with van der Waals surface area (Å²) in [5.74, 6) is -0.188. The lowest BCUT2D eigenvalue weighted by Gasteiger charge is -2.02. The number of anilines is 1. The minimum absolute atomic E-state index is 0.188. The third-order valence-electron chi connectivity index (χ3n) is 2.64. The third kappa shape index (κ3) is 2.46. The van der Waals surface area contributed by atoms with Gasteiger partial charge >= 0.3 is 0 Å². The van der Waals surface area contributed by atoms with Gasteiger partial charge in [0.05, 0.1) is 10.2 Å². The van der Waals surface area contributed by atoms with Crippen LogP contribution in [0.5, 0.6) is 0 Å². The van der Waals surface area contributed by atoms with Crippen LogP contribution in [0, 0.1) is 6.92 Å². The molecule has 2 aromatic heterocycles. The minimum atomic E-state index is -0.188. The molecule has 3 rings (SSSR count). The number of carbonyl (C=O) groups is 1. The molecule has 1 aromatic carbocycles. The summed E-state index contributed by atoms with van der Waals surface area (Å²) >= 11 is 1.39. The van der Waals surface area contributed by atoms with Gasteiger partial charge in [0.2, 0.25) is 0 Å². The van der Waals surface area contributed by atoms with Crippen molar-refractivity contribution in [2.75, 3.05) is 5.32 Å². The number of hydrogen-bond acceptors (Lipinski definition) is 4. The topological polar surface area (TPSA) is 54.9 Å². The molecule has 2 heterocycles. The lowest BCUT2D eigenvalue weighted by atomic mass is 10.3. The highest BCUT2D eigenvalue weighted by molar-refractivity contribution is 7.20. The number of para-hydroxylation sites is 1. The average molecular weight is 269 g/mol. The third-order valence-corrected chi connectivity index (χ3v) is 3.68. The van der Waals surface area contributed by atoms with Gasteiger partial charge in [-0.3, -0.25) is 9.78 Å². The zero-order chi connectivity index (χ0) is 13.2. The Balaban J connectivity index is 1.87. The fraction of sp³-hybridized carbons (Fsp3) is 0.0714. The first-order valence-corrected chi connectivity index (χ1v) is 6.63. The van der Waals surface area contributed by atoms with E-state index < -0.39 is 0 Å². The maximum absolute atomic E-state index is 12.1. The molecule has 3 aromatic rings. The smallest absolute Gasteiger partial charge is 0.284 e. The van der Waals surface area contributed by atoms with Crippen LogP contribution >= 0.6 is 11.3 Å². The molecule has 0 aliphatic heterocycles. The van der Waals surface area contributed by atoms with Crippen molar-refractivity contribution >= 4 is 33.1 Å². The van der Waals surface area contributed by atoms with Gasteiger partial charge in [0.1, 0.15) is 0 Å². The second-order valence-electron chi connectivity index (χ2n) is 4.13. The molecule has 0 saturated carbocycles. The van der Waals surface area contributed by atoms with E-state index in [1.807, 2.05) is 37.3 Å². The van der Waals surface area contributed by atoms with Gasteiger partial charge in [-0.2, -0.15) is 0 Å². The number of nitrogens with zero attached hydrogens (tertiary/aromatic N) is 2. The molecule has 0 bridgehead atoms. The van der Waals surface area contributed by atoms with E-state index in [9.17, 15) is 4.79 Å². The number of carbonyl (C=O) groups excluding carboxylic acids is 1. The number of fused-ring (bicyclic) bond motifs is 1. The van der Waals surface area contributed by atoms with Gasteiger partial charge in [-0.15, -0.1) is 11.3 Å². The number of pyridine rings is 1. The van der Waals surface area contributed by atoms with Crippen LogP contribution in [-0.2, 0) is 0 Å². The van der Waals surface area contributed by atoms with Crippen LogP contribution in [-0.4, -0.2) is 15.9 Å². The molecule has 1 N–H and O–H groups in total. The number of benzene rings is 1. The maximum Gasteiger partial charge on any atom is 0.284 e. The van der Waals surface area contributed by atoms with E-state index in [2.05, 4.69) is 15.3 Å². The fourth-order valence-electron chi connectivity index (χ4n) is 1.78. The molecule has 1 amide bonds. The molecule has 94 valence electrons. The van der Waals surface area contributed by atoms with E-state index in [-0.39, 0.29) is 5.91 Å². The predicted octanol–water partition coefficient (Wildman–Crippen LogP) is 3.25. The normalized spacial score (nSPS) is 10.6. The fourth-order valence-corrected chi connectivity index (χ4v) is 2.64. The Labute approximate surface area is 114 Å². The van der Waals surface area contributed by atoms with Crippen molar-refractivity contribution in [2.24, 2.45) is 0 Å². The number of thiazole rings is 1. The molecule has 0 aliphatic carbocycles. The molecule has 0 saturated heterocycles. The molecule has 19 heavy (non-hydrogen) atoms. The summed E-state index contributed by atoms with van der Waals surface area (Å²) in [5, 5.41) is 3.30. The standard InChI is InChI=1S/C14H11N3OS/c1-9-8-10(6-7-15-9)16-13(18)14-17-11-4-2-3-5-12(11)19-14/h2-8H,1H3,(H,15,16,18). The lowest BCUT2D eigenvalue weighted by molar-refractivity contribution is 0.102. The van der Waals surface area contributed by atoms with Gasteiger partial charge < -0.3 is 5.32 Å². The van der Waals surface area contributed by atoms with Crippen molar-refractivity contribution in [1.29, 1.82) is 0 Å². The molecular weight excluding hydrogens is 258 g/mol. The Bertz CT molecular complexity index is 718. The molecular formula is C14H11N3OS. The number of aryl methyl sites for hydroxylation is 1. The van der Waals surface area contributed by atoms with Crippen LogP contribution in [0.1, 0.15) is 15.5 Å². The minimum Gasteiger partial charge on any atom is -0.320 e. The van der Waals surface area contributed by atoms with Gasteiger partial charge in [0, 0.05) is 17.6 Å². The Hall–Kier alpha value is -2.27. The highest BCUT2D eigenvalue weighted by Crippen LogP contribution is 2.22. The quantitative estimate of drug-likeness (QED) is 0.777. The highest BCUT2D eigenvalue weighted by Gasteiger charge is 2.12. The number of rotatable bonds is 2. The van der Waals surface area contributed by atoms with Crippen LogP contribution in [0.25, 0.3) is 10.2 Å². The SMILES string of the molecule is Cc1cc(NC(=O)c2nc3ccccc3s2)ccn1.